The molecule has 0 atom stereocenters. The quantitative estimate of drug-likeness (QED) is 0.571. The number of benzene rings is 1. The number of imidazole rings is 1. The molecule has 3 N–H and O–H groups in total. The Morgan fingerprint density at radius 3 is 2.37 bits per heavy atom. The van der Waals surface area contributed by atoms with Crippen LogP contribution in [0.5, 0.6) is 0 Å². The molecular weight excluding hydrogens is 366 g/mol. The highest BCUT2D eigenvalue weighted by molar-refractivity contribution is 7.92. The molecule has 0 amide bonds. The minimum absolute atomic E-state index is 0.0281. The number of rotatable bonds is 7. The van der Waals surface area contributed by atoms with Gasteiger partial charge >= 0.3 is 0 Å². The molecule has 3 rings (SSSR count). The van der Waals surface area contributed by atoms with Crippen molar-refractivity contribution in [2.24, 2.45) is 7.05 Å². The molecule has 142 valence electrons. The summed E-state index contributed by atoms with van der Waals surface area (Å²) in [6.07, 6.45) is 2.88. The Balaban J connectivity index is 1.72. The Bertz CT molecular complexity index is 1030. The van der Waals surface area contributed by atoms with Gasteiger partial charge in [-0.25, -0.2) is 15.0 Å². The van der Waals surface area contributed by atoms with Crippen LogP contribution in [-0.2, 0) is 17.1 Å². The number of anilines is 4. The smallest absolute Gasteiger partial charge is 0.280 e. The molecule has 0 bridgehead atoms. The van der Waals surface area contributed by atoms with Crippen molar-refractivity contribution in [3.05, 3.63) is 48.7 Å². The van der Waals surface area contributed by atoms with Gasteiger partial charge in [-0.3, -0.25) is 4.72 Å². The van der Waals surface area contributed by atoms with Gasteiger partial charge in [0.25, 0.3) is 10.0 Å². The molecule has 0 fully saturated rings. The molecule has 1 aromatic carbocycles. The zero-order valence-corrected chi connectivity index (χ0v) is 16.1. The van der Waals surface area contributed by atoms with Gasteiger partial charge in [-0.05, 0) is 38.1 Å². The average Bonchev–Trinajstić information content (AvgIpc) is 3.04. The van der Waals surface area contributed by atoms with Gasteiger partial charge in [-0.2, -0.15) is 8.42 Å². The fourth-order valence-electron chi connectivity index (χ4n) is 2.41. The number of hydrogen-bond donors (Lipinski definition) is 3. The maximum atomic E-state index is 12.3. The predicted octanol–water partition coefficient (Wildman–Crippen LogP) is 2.49. The second-order valence-electron chi connectivity index (χ2n) is 5.90. The summed E-state index contributed by atoms with van der Waals surface area (Å²) in [7, 11) is -2.00. The summed E-state index contributed by atoms with van der Waals surface area (Å²) in [5, 5.41) is 6.31. The summed E-state index contributed by atoms with van der Waals surface area (Å²) in [6, 6.07) is 8.68. The lowest BCUT2D eigenvalue weighted by molar-refractivity contribution is 0.598. The van der Waals surface area contributed by atoms with Gasteiger partial charge in [0, 0.05) is 37.2 Å². The minimum atomic E-state index is -3.71. The Morgan fingerprint density at radius 1 is 1.07 bits per heavy atom. The zero-order valence-electron chi connectivity index (χ0n) is 15.3. The van der Waals surface area contributed by atoms with Crippen molar-refractivity contribution in [1.29, 1.82) is 0 Å². The fraction of sp³-hybridized carbons (Fsp3) is 0.235. The molecule has 10 heteroatoms. The maximum absolute atomic E-state index is 12.3. The van der Waals surface area contributed by atoms with Crippen molar-refractivity contribution < 1.29 is 8.42 Å². The fourth-order valence-corrected chi connectivity index (χ4v) is 3.45. The summed E-state index contributed by atoms with van der Waals surface area (Å²) in [5.41, 5.74) is 1.22. The van der Waals surface area contributed by atoms with E-state index in [9.17, 15) is 8.42 Å². The standard InChI is InChI=1S/C17H21N7O2S/c1-4-18-15-9-16(21-12(2)20-15)22-13-5-7-14(8-6-13)23-27(25,26)17-10-24(3)11-19-17/h5-11,23H,4H2,1-3H3,(H2,18,20,21,22). The summed E-state index contributed by atoms with van der Waals surface area (Å²) in [5.74, 6) is 2.04. The summed E-state index contributed by atoms with van der Waals surface area (Å²) < 4.78 is 28.7. The minimum Gasteiger partial charge on any atom is -0.370 e. The third-order valence-electron chi connectivity index (χ3n) is 3.56. The molecule has 0 aliphatic rings. The highest BCUT2D eigenvalue weighted by atomic mass is 32.2. The van der Waals surface area contributed by atoms with Gasteiger partial charge in [0.1, 0.15) is 17.5 Å². The van der Waals surface area contributed by atoms with Crippen molar-refractivity contribution in [3.8, 4) is 0 Å². The Kier molecular flexibility index (Phi) is 5.26. The highest BCUT2D eigenvalue weighted by Gasteiger charge is 2.17. The molecule has 0 spiro atoms. The van der Waals surface area contributed by atoms with Crippen LogP contribution in [0.3, 0.4) is 0 Å². The van der Waals surface area contributed by atoms with E-state index >= 15 is 0 Å². The molecule has 0 saturated carbocycles. The second-order valence-corrected chi connectivity index (χ2v) is 7.53. The van der Waals surface area contributed by atoms with E-state index in [1.807, 2.05) is 19.9 Å². The molecule has 0 radical (unpaired) electrons. The van der Waals surface area contributed by atoms with Crippen LogP contribution >= 0.6 is 0 Å². The monoisotopic (exact) mass is 387 g/mol. The van der Waals surface area contributed by atoms with Crippen LogP contribution in [-0.4, -0.2) is 34.5 Å². The van der Waals surface area contributed by atoms with E-state index in [4.69, 9.17) is 0 Å². The van der Waals surface area contributed by atoms with E-state index in [1.165, 1.54) is 12.5 Å². The van der Waals surface area contributed by atoms with Gasteiger partial charge in [0.2, 0.25) is 0 Å². The number of sulfonamides is 1. The van der Waals surface area contributed by atoms with E-state index < -0.39 is 10.0 Å². The normalized spacial score (nSPS) is 11.2. The number of aromatic nitrogens is 4. The van der Waals surface area contributed by atoms with Crippen molar-refractivity contribution in [2.75, 3.05) is 21.9 Å². The lowest BCUT2D eigenvalue weighted by Gasteiger charge is -2.10. The maximum Gasteiger partial charge on any atom is 0.280 e. The summed E-state index contributed by atoms with van der Waals surface area (Å²) in [6.45, 7) is 4.58. The molecule has 9 nitrogen and oxygen atoms in total. The topological polar surface area (TPSA) is 114 Å². The number of nitrogens with one attached hydrogen (secondary N) is 3. The van der Waals surface area contributed by atoms with Crippen molar-refractivity contribution in [2.45, 2.75) is 18.9 Å². The van der Waals surface area contributed by atoms with Crippen molar-refractivity contribution in [3.63, 3.8) is 0 Å². The first-order chi connectivity index (χ1) is 12.9. The first kappa shape index (κ1) is 18.6. The van der Waals surface area contributed by atoms with Gasteiger partial charge in [0.15, 0.2) is 5.03 Å². The lowest BCUT2D eigenvalue weighted by Crippen LogP contribution is -2.13. The third-order valence-corrected chi connectivity index (χ3v) is 4.83. The SMILES string of the molecule is CCNc1cc(Nc2ccc(NS(=O)(=O)c3cn(C)cn3)cc2)nc(C)n1. The summed E-state index contributed by atoms with van der Waals surface area (Å²) in [4.78, 5) is 12.5. The van der Waals surface area contributed by atoms with E-state index in [-0.39, 0.29) is 5.03 Å². The predicted molar refractivity (Wildman–Crippen MR) is 105 cm³/mol. The largest absolute Gasteiger partial charge is 0.370 e. The van der Waals surface area contributed by atoms with Crippen LogP contribution in [0, 0.1) is 6.92 Å². The van der Waals surface area contributed by atoms with Crippen LogP contribution in [0.15, 0.2) is 47.9 Å². The molecular formula is C17H21N7O2S. The molecule has 0 unspecified atom stereocenters. The van der Waals surface area contributed by atoms with E-state index in [1.54, 1.807) is 35.9 Å². The molecule has 2 aromatic heterocycles. The van der Waals surface area contributed by atoms with Crippen LogP contribution in [0.2, 0.25) is 0 Å². The van der Waals surface area contributed by atoms with Gasteiger partial charge in [-0.1, -0.05) is 0 Å². The first-order valence-electron chi connectivity index (χ1n) is 8.33. The Morgan fingerprint density at radius 2 is 1.74 bits per heavy atom. The van der Waals surface area contributed by atoms with Crippen molar-refractivity contribution in [1.82, 2.24) is 19.5 Å². The zero-order chi connectivity index (χ0) is 19.4. The van der Waals surface area contributed by atoms with Crippen LogP contribution in [0.1, 0.15) is 12.7 Å². The highest BCUT2D eigenvalue weighted by Crippen LogP contribution is 2.21. The number of hydrogen-bond acceptors (Lipinski definition) is 7. The molecule has 2 heterocycles. The van der Waals surface area contributed by atoms with E-state index in [0.29, 0.717) is 17.3 Å². The first-order valence-corrected chi connectivity index (χ1v) is 9.81. The van der Waals surface area contributed by atoms with Crippen molar-refractivity contribution >= 4 is 33.0 Å². The van der Waals surface area contributed by atoms with Crippen LogP contribution < -0.4 is 15.4 Å². The molecule has 0 aliphatic heterocycles. The van der Waals surface area contributed by atoms with Gasteiger partial charge < -0.3 is 15.2 Å². The third kappa shape index (κ3) is 4.73. The second kappa shape index (κ2) is 7.62. The number of nitrogens with zero attached hydrogens (tertiary/aromatic N) is 4. The van der Waals surface area contributed by atoms with Crippen LogP contribution in [0.4, 0.5) is 23.0 Å². The molecule has 27 heavy (non-hydrogen) atoms. The van der Waals surface area contributed by atoms with Gasteiger partial charge in [-0.15, -0.1) is 0 Å². The van der Waals surface area contributed by atoms with Crippen LogP contribution in [0.25, 0.3) is 0 Å². The molecule has 0 aliphatic carbocycles. The Hall–Kier alpha value is -3.14. The van der Waals surface area contributed by atoms with E-state index in [2.05, 4.69) is 30.3 Å². The molecule has 3 aromatic rings. The van der Waals surface area contributed by atoms with E-state index in [0.717, 1.165) is 18.1 Å². The lowest BCUT2D eigenvalue weighted by atomic mass is 10.3. The summed E-state index contributed by atoms with van der Waals surface area (Å²) >= 11 is 0. The number of aryl methyl sites for hydroxylation is 2. The van der Waals surface area contributed by atoms with Gasteiger partial charge in [0.05, 0.1) is 6.33 Å². The average molecular weight is 387 g/mol. The Labute approximate surface area is 157 Å². The molecule has 0 saturated heterocycles.